The molecule has 0 radical (unpaired) electrons. The highest BCUT2D eigenvalue weighted by Crippen LogP contribution is 2.11. The molecule has 1 aliphatic rings. The van der Waals surface area contributed by atoms with Crippen LogP contribution in [-0.2, 0) is 6.54 Å². The van der Waals surface area contributed by atoms with E-state index in [1.54, 1.807) is 0 Å². The molecule has 1 N–H and O–H groups in total. The van der Waals surface area contributed by atoms with E-state index in [9.17, 15) is 0 Å². The molecule has 1 fully saturated rings. The Balaban J connectivity index is 1.88. The average Bonchev–Trinajstić information content (AvgIpc) is 2.66. The van der Waals surface area contributed by atoms with Gasteiger partial charge in [-0.15, -0.1) is 0 Å². The molecule has 0 aliphatic carbocycles. The SMILES string of the molecule is CC(C)CC1CN(Cc2ncon2)CCCN1. The van der Waals surface area contributed by atoms with Crippen LogP contribution in [0.3, 0.4) is 0 Å². The van der Waals surface area contributed by atoms with Gasteiger partial charge in [-0.2, -0.15) is 4.98 Å². The van der Waals surface area contributed by atoms with Crippen molar-refractivity contribution < 1.29 is 4.52 Å². The highest BCUT2D eigenvalue weighted by atomic mass is 16.5. The van der Waals surface area contributed by atoms with Crippen molar-refractivity contribution in [2.45, 2.75) is 39.3 Å². The van der Waals surface area contributed by atoms with Gasteiger partial charge in [0.2, 0.25) is 6.39 Å². The highest BCUT2D eigenvalue weighted by molar-refractivity contribution is 4.83. The van der Waals surface area contributed by atoms with E-state index in [2.05, 4.69) is 34.2 Å². The van der Waals surface area contributed by atoms with E-state index in [4.69, 9.17) is 4.52 Å². The lowest BCUT2D eigenvalue weighted by molar-refractivity contribution is 0.239. The van der Waals surface area contributed by atoms with Gasteiger partial charge in [-0.3, -0.25) is 4.90 Å². The van der Waals surface area contributed by atoms with E-state index in [1.807, 2.05) is 0 Å². The van der Waals surface area contributed by atoms with Crippen LogP contribution in [0.15, 0.2) is 10.9 Å². The molecule has 1 unspecified atom stereocenters. The van der Waals surface area contributed by atoms with Gasteiger partial charge in [-0.05, 0) is 31.8 Å². The summed E-state index contributed by atoms with van der Waals surface area (Å²) in [4.78, 5) is 6.50. The Morgan fingerprint density at radius 1 is 1.59 bits per heavy atom. The first-order valence-corrected chi connectivity index (χ1v) is 6.45. The van der Waals surface area contributed by atoms with E-state index in [0.29, 0.717) is 6.04 Å². The predicted molar refractivity (Wildman–Crippen MR) is 65.4 cm³/mol. The Bertz CT molecular complexity index is 312. The lowest BCUT2D eigenvalue weighted by atomic mass is 10.0. The molecule has 1 aromatic rings. The molecule has 2 rings (SSSR count). The van der Waals surface area contributed by atoms with E-state index < -0.39 is 0 Å². The summed E-state index contributed by atoms with van der Waals surface area (Å²) < 4.78 is 4.78. The first-order valence-electron chi connectivity index (χ1n) is 6.45. The second kappa shape index (κ2) is 6.12. The van der Waals surface area contributed by atoms with Crippen LogP contribution in [-0.4, -0.2) is 40.7 Å². The number of nitrogens with zero attached hydrogens (tertiary/aromatic N) is 3. The van der Waals surface area contributed by atoms with Crippen LogP contribution in [0.4, 0.5) is 0 Å². The van der Waals surface area contributed by atoms with Crippen molar-refractivity contribution in [2.75, 3.05) is 19.6 Å². The van der Waals surface area contributed by atoms with Crippen LogP contribution in [0, 0.1) is 5.92 Å². The minimum atomic E-state index is 0.587. The summed E-state index contributed by atoms with van der Waals surface area (Å²) in [5.41, 5.74) is 0. The first kappa shape index (κ1) is 12.5. The maximum Gasteiger partial charge on any atom is 0.213 e. The van der Waals surface area contributed by atoms with Crippen molar-refractivity contribution in [3.8, 4) is 0 Å². The predicted octanol–water partition coefficient (Wildman–Crippen LogP) is 1.28. The summed E-state index contributed by atoms with van der Waals surface area (Å²) in [5.74, 6) is 1.52. The second-order valence-electron chi connectivity index (χ2n) is 5.22. The van der Waals surface area contributed by atoms with Gasteiger partial charge in [0.15, 0.2) is 5.82 Å². The van der Waals surface area contributed by atoms with Gasteiger partial charge in [-0.25, -0.2) is 0 Å². The molecule has 1 aromatic heterocycles. The zero-order valence-electron chi connectivity index (χ0n) is 10.7. The van der Waals surface area contributed by atoms with Crippen LogP contribution in [0.1, 0.15) is 32.5 Å². The van der Waals surface area contributed by atoms with Crippen molar-refractivity contribution in [1.82, 2.24) is 20.4 Å². The molecule has 17 heavy (non-hydrogen) atoms. The van der Waals surface area contributed by atoms with Gasteiger partial charge in [-0.1, -0.05) is 19.0 Å². The van der Waals surface area contributed by atoms with Gasteiger partial charge >= 0.3 is 0 Å². The monoisotopic (exact) mass is 238 g/mol. The van der Waals surface area contributed by atoms with Crippen LogP contribution in [0.2, 0.25) is 0 Å². The summed E-state index contributed by atoms with van der Waals surface area (Å²) in [7, 11) is 0. The molecular weight excluding hydrogens is 216 g/mol. The summed E-state index contributed by atoms with van der Waals surface area (Å²) in [6.07, 6.45) is 3.81. The van der Waals surface area contributed by atoms with Gasteiger partial charge in [0.1, 0.15) is 0 Å². The molecule has 1 saturated heterocycles. The number of hydrogen-bond acceptors (Lipinski definition) is 5. The minimum Gasteiger partial charge on any atom is -0.343 e. The fourth-order valence-corrected chi connectivity index (χ4v) is 2.41. The third kappa shape index (κ3) is 4.09. The Morgan fingerprint density at radius 2 is 2.47 bits per heavy atom. The third-order valence-corrected chi connectivity index (χ3v) is 3.09. The molecule has 0 aromatic carbocycles. The summed E-state index contributed by atoms with van der Waals surface area (Å²) >= 11 is 0. The smallest absolute Gasteiger partial charge is 0.213 e. The fourth-order valence-electron chi connectivity index (χ4n) is 2.41. The summed E-state index contributed by atoms with van der Waals surface area (Å²) in [5, 5.41) is 7.50. The molecule has 0 amide bonds. The quantitative estimate of drug-likeness (QED) is 0.856. The first-order chi connectivity index (χ1) is 8.24. The van der Waals surface area contributed by atoms with Crippen LogP contribution < -0.4 is 5.32 Å². The summed E-state index contributed by atoms with van der Waals surface area (Å²) in [6, 6.07) is 0.587. The lowest BCUT2D eigenvalue weighted by Gasteiger charge is -2.24. The van der Waals surface area contributed by atoms with Crippen LogP contribution in [0.25, 0.3) is 0 Å². The Kier molecular flexibility index (Phi) is 4.50. The molecule has 0 bridgehead atoms. The Morgan fingerprint density at radius 3 is 3.18 bits per heavy atom. The van der Waals surface area contributed by atoms with Gasteiger partial charge in [0, 0.05) is 12.6 Å². The normalized spacial score (nSPS) is 22.9. The van der Waals surface area contributed by atoms with Crippen LogP contribution in [0.5, 0.6) is 0 Å². The molecule has 0 spiro atoms. The van der Waals surface area contributed by atoms with Crippen molar-refractivity contribution in [3.63, 3.8) is 0 Å². The maximum atomic E-state index is 4.78. The molecule has 0 saturated carbocycles. The standard InChI is InChI=1S/C12H22N4O/c1-10(2)6-11-7-16(5-3-4-13-11)8-12-14-9-17-15-12/h9-11,13H,3-8H2,1-2H3. The summed E-state index contributed by atoms with van der Waals surface area (Å²) in [6.45, 7) is 8.64. The zero-order valence-corrected chi connectivity index (χ0v) is 10.7. The zero-order chi connectivity index (χ0) is 12.1. The maximum absolute atomic E-state index is 4.78. The molecular formula is C12H22N4O. The van der Waals surface area contributed by atoms with E-state index in [0.717, 1.165) is 37.9 Å². The van der Waals surface area contributed by atoms with Crippen molar-refractivity contribution in [2.24, 2.45) is 5.92 Å². The van der Waals surface area contributed by atoms with E-state index >= 15 is 0 Å². The Hall–Kier alpha value is -0.940. The van der Waals surface area contributed by atoms with Crippen molar-refractivity contribution in [3.05, 3.63) is 12.2 Å². The number of aromatic nitrogens is 2. The van der Waals surface area contributed by atoms with Crippen molar-refractivity contribution >= 4 is 0 Å². The number of rotatable bonds is 4. The van der Waals surface area contributed by atoms with Crippen molar-refractivity contribution in [1.29, 1.82) is 0 Å². The molecule has 5 nitrogen and oxygen atoms in total. The second-order valence-corrected chi connectivity index (χ2v) is 5.22. The average molecular weight is 238 g/mol. The number of hydrogen-bond donors (Lipinski definition) is 1. The van der Waals surface area contributed by atoms with Gasteiger partial charge in [0.05, 0.1) is 6.54 Å². The molecule has 96 valence electrons. The lowest BCUT2D eigenvalue weighted by Crippen LogP contribution is -2.38. The molecule has 1 atom stereocenters. The van der Waals surface area contributed by atoms with E-state index in [1.165, 1.54) is 19.2 Å². The number of nitrogens with one attached hydrogen (secondary N) is 1. The molecule has 5 heteroatoms. The molecule has 2 heterocycles. The topological polar surface area (TPSA) is 54.2 Å². The Labute approximate surface area is 103 Å². The largest absolute Gasteiger partial charge is 0.343 e. The molecule has 1 aliphatic heterocycles. The highest BCUT2D eigenvalue weighted by Gasteiger charge is 2.19. The van der Waals surface area contributed by atoms with E-state index in [-0.39, 0.29) is 0 Å². The minimum absolute atomic E-state index is 0.587. The van der Waals surface area contributed by atoms with Crippen LogP contribution >= 0.6 is 0 Å². The third-order valence-electron chi connectivity index (χ3n) is 3.09. The van der Waals surface area contributed by atoms with Gasteiger partial charge < -0.3 is 9.84 Å². The fraction of sp³-hybridized carbons (Fsp3) is 0.833. The van der Waals surface area contributed by atoms with Gasteiger partial charge in [0.25, 0.3) is 0 Å².